The van der Waals surface area contributed by atoms with Gasteiger partial charge in [-0.3, -0.25) is 9.59 Å². The van der Waals surface area contributed by atoms with E-state index in [4.69, 9.17) is 14.2 Å². The van der Waals surface area contributed by atoms with Crippen LogP contribution in [0.1, 0.15) is 42.2 Å². The van der Waals surface area contributed by atoms with Crippen molar-refractivity contribution in [2.45, 2.75) is 26.3 Å². The Bertz CT molecular complexity index is 901. The van der Waals surface area contributed by atoms with Gasteiger partial charge in [-0.15, -0.1) is 0 Å². The van der Waals surface area contributed by atoms with Crippen molar-refractivity contribution >= 4 is 17.5 Å². The van der Waals surface area contributed by atoms with E-state index in [-0.39, 0.29) is 23.8 Å². The van der Waals surface area contributed by atoms with Gasteiger partial charge in [0.05, 0.1) is 27.4 Å². The van der Waals surface area contributed by atoms with Crippen LogP contribution in [0.4, 0.5) is 5.69 Å². The van der Waals surface area contributed by atoms with Crippen LogP contribution >= 0.6 is 0 Å². The fourth-order valence-corrected chi connectivity index (χ4v) is 3.34. The Kier molecular flexibility index (Phi) is 6.50. The van der Waals surface area contributed by atoms with Crippen LogP contribution in [0, 0.1) is 11.8 Å². The van der Waals surface area contributed by atoms with Crippen molar-refractivity contribution in [1.82, 2.24) is 5.32 Å². The van der Waals surface area contributed by atoms with Gasteiger partial charge in [0.2, 0.25) is 11.7 Å². The Hall–Kier alpha value is -3.22. The lowest BCUT2D eigenvalue weighted by atomic mass is 10.1. The Morgan fingerprint density at radius 2 is 1.57 bits per heavy atom. The molecule has 1 saturated carbocycles. The zero-order valence-electron chi connectivity index (χ0n) is 17.9. The third-order valence-electron chi connectivity index (χ3n) is 5.40. The highest BCUT2D eigenvalue weighted by Gasteiger charge is 2.39. The summed E-state index contributed by atoms with van der Waals surface area (Å²) >= 11 is 0. The minimum absolute atomic E-state index is 0.0377. The first-order chi connectivity index (χ1) is 14.4. The third-order valence-corrected chi connectivity index (χ3v) is 5.40. The molecular weight excluding hydrogens is 384 g/mol. The van der Waals surface area contributed by atoms with E-state index in [1.54, 1.807) is 45.6 Å². The zero-order valence-corrected chi connectivity index (χ0v) is 17.9. The maximum Gasteiger partial charge on any atom is 0.251 e. The van der Waals surface area contributed by atoms with Crippen LogP contribution in [0.3, 0.4) is 0 Å². The Morgan fingerprint density at radius 1 is 1.00 bits per heavy atom. The number of amides is 2. The maximum atomic E-state index is 12.7. The molecule has 0 spiro atoms. The van der Waals surface area contributed by atoms with E-state index in [1.165, 1.54) is 0 Å². The number of methoxy groups -OCH3 is 3. The lowest BCUT2D eigenvalue weighted by Gasteiger charge is -2.19. The normalized spacial score (nSPS) is 18.2. The standard InChI is InChI=1S/C23H28N2O5/c1-13-10-18(13)23(27)25-17-8-6-15(7-9-17)22(26)24-14(2)16-11-19(28-3)21(30-5)20(12-16)29-4/h6-9,11-14,18H,10H2,1-5H3,(H,24,26)(H,25,27). The summed E-state index contributed by atoms with van der Waals surface area (Å²) in [6, 6.07) is 10.2. The molecule has 1 fully saturated rings. The molecule has 3 atom stereocenters. The van der Waals surface area contributed by atoms with Gasteiger partial charge in [0.25, 0.3) is 5.91 Å². The highest BCUT2D eigenvalue weighted by atomic mass is 16.5. The highest BCUT2D eigenvalue weighted by Crippen LogP contribution is 2.40. The second-order valence-corrected chi connectivity index (χ2v) is 7.54. The molecule has 30 heavy (non-hydrogen) atoms. The summed E-state index contributed by atoms with van der Waals surface area (Å²) in [6.45, 7) is 3.94. The van der Waals surface area contributed by atoms with E-state index in [0.29, 0.717) is 34.4 Å². The van der Waals surface area contributed by atoms with Crippen molar-refractivity contribution in [2.24, 2.45) is 11.8 Å². The first-order valence-corrected chi connectivity index (χ1v) is 9.89. The van der Waals surface area contributed by atoms with E-state index in [0.717, 1.165) is 12.0 Å². The summed E-state index contributed by atoms with van der Waals surface area (Å²) in [4.78, 5) is 24.7. The SMILES string of the molecule is COc1cc(C(C)NC(=O)c2ccc(NC(=O)C3CC3C)cc2)cc(OC)c1OC. The van der Waals surface area contributed by atoms with Crippen LogP contribution in [-0.4, -0.2) is 33.1 Å². The molecular formula is C23H28N2O5. The quantitative estimate of drug-likeness (QED) is 0.689. The Labute approximate surface area is 176 Å². The molecule has 7 nitrogen and oxygen atoms in total. The molecule has 160 valence electrons. The van der Waals surface area contributed by atoms with Crippen molar-refractivity contribution in [2.75, 3.05) is 26.6 Å². The summed E-state index contributed by atoms with van der Waals surface area (Å²) in [5.41, 5.74) is 2.01. The van der Waals surface area contributed by atoms with Gasteiger partial charge in [0, 0.05) is 17.2 Å². The molecule has 0 radical (unpaired) electrons. The van der Waals surface area contributed by atoms with E-state index < -0.39 is 0 Å². The van der Waals surface area contributed by atoms with Crippen molar-refractivity contribution in [3.63, 3.8) is 0 Å². The second-order valence-electron chi connectivity index (χ2n) is 7.54. The zero-order chi connectivity index (χ0) is 21.8. The minimum atomic E-state index is -0.290. The number of anilines is 1. The molecule has 3 rings (SSSR count). The van der Waals surface area contributed by atoms with E-state index in [1.807, 2.05) is 19.1 Å². The van der Waals surface area contributed by atoms with Gasteiger partial charge >= 0.3 is 0 Å². The molecule has 2 N–H and O–H groups in total. The fraction of sp³-hybridized carbons (Fsp3) is 0.391. The molecule has 2 aromatic rings. The molecule has 0 bridgehead atoms. The van der Waals surface area contributed by atoms with Gasteiger partial charge in [-0.25, -0.2) is 0 Å². The topological polar surface area (TPSA) is 85.9 Å². The molecule has 1 aliphatic carbocycles. The average molecular weight is 412 g/mol. The third kappa shape index (κ3) is 4.67. The number of carbonyl (C=O) groups is 2. The summed E-state index contributed by atoms with van der Waals surface area (Å²) in [5, 5.41) is 5.86. The molecule has 7 heteroatoms. The van der Waals surface area contributed by atoms with Crippen LogP contribution in [0.2, 0.25) is 0 Å². The fourth-order valence-electron chi connectivity index (χ4n) is 3.34. The molecule has 2 amide bonds. The number of hydrogen-bond donors (Lipinski definition) is 2. The number of hydrogen-bond acceptors (Lipinski definition) is 5. The largest absolute Gasteiger partial charge is 0.493 e. The lowest BCUT2D eigenvalue weighted by Crippen LogP contribution is -2.26. The van der Waals surface area contributed by atoms with Gasteiger partial charge < -0.3 is 24.8 Å². The smallest absolute Gasteiger partial charge is 0.251 e. The molecule has 0 aliphatic heterocycles. The number of carbonyl (C=O) groups excluding carboxylic acids is 2. The van der Waals surface area contributed by atoms with Crippen LogP contribution in [-0.2, 0) is 4.79 Å². The Morgan fingerprint density at radius 3 is 2.03 bits per heavy atom. The van der Waals surface area contributed by atoms with Gasteiger partial charge in [0.15, 0.2) is 11.5 Å². The average Bonchev–Trinajstić information content (AvgIpc) is 3.49. The number of rotatable bonds is 8. The monoisotopic (exact) mass is 412 g/mol. The van der Waals surface area contributed by atoms with Gasteiger partial charge in [0.1, 0.15) is 0 Å². The molecule has 0 heterocycles. The van der Waals surface area contributed by atoms with Gasteiger partial charge in [-0.05, 0) is 61.2 Å². The lowest BCUT2D eigenvalue weighted by molar-refractivity contribution is -0.117. The van der Waals surface area contributed by atoms with Crippen LogP contribution in [0.25, 0.3) is 0 Å². The number of ether oxygens (including phenoxy) is 3. The van der Waals surface area contributed by atoms with Gasteiger partial charge in [-0.2, -0.15) is 0 Å². The summed E-state index contributed by atoms with van der Waals surface area (Å²) in [5.74, 6) is 1.93. The summed E-state index contributed by atoms with van der Waals surface area (Å²) in [6.07, 6.45) is 0.936. The second kappa shape index (κ2) is 9.07. The van der Waals surface area contributed by atoms with Crippen LogP contribution in [0.15, 0.2) is 36.4 Å². The highest BCUT2D eigenvalue weighted by molar-refractivity contribution is 5.97. The predicted molar refractivity (Wildman–Crippen MR) is 114 cm³/mol. The first kappa shape index (κ1) is 21.5. The molecule has 0 aromatic heterocycles. The van der Waals surface area contributed by atoms with Crippen molar-refractivity contribution < 1.29 is 23.8 Å². The number of nitrogens with one attached hydrogen (secondary N) is 2. The van der Waals surface area contributed by atoms with Crippen LogP contribution < -0.4 is 24.8 Å². The maximum absolute atomic E-state index is 12.7. The minimum Gasteiger partial charge on any atom is -0.493 e. The van der Waals surface area contributed by atoms with Crippen LogP contribution in [0.5, 0.6) is 17.2 Å². The van der Waals surface area contributed by atoms with E-state index >= 15 is 0 Å². The van der Waals surface area contributed by atoms with Crippen molar-refractivity contribution in [3.05, 3.63) is 47.5 Å². The first-order valence-electron chi connectivity index (χ1n) is 9.89. The van der Waals surface area contributed by atoms with Gasteiger partial charge in [-0.1, -0.05) is 6.92 Å². The molecule has 1 aliphatic rings. The van der Waals surface area contributed by atoms with E-state index in [9.17, 15) is 9.59 Å². The molecule has 0 saturated heterocycles. The predicted octanol–water partition coefficient (Wildman–Crippen LogP) is 3.80. The summed E-state index contributed by atoms with van der Waals surface area (Å²) in [7, 11) is 4.64. The van der Waals surface area contributed by atoms with Crippen molar-refractivity contribution in [3.8, 4) is 17.2 Å². The molecule has 2 aromatic carbocycles. The summed E-state index contributed by atoms with van der Waals surface area (Å²) < 4.78 is 16.1. The number of benzene rings is 2. The molecule has 3 unspecified atom stereocenters. The van der Waals surface area contributed by atoms with E-state index in [2.05, 4.69) is 17.6 Å². The van der Waals surface area contributed by atoms with Crippen molar-refractivity contribution in [1.29, 1.82) is 0 Å². The Balaban J connectivity index is 1.67.